The van der Waals surface area contributed by atoms with Crippen molar-refractivity contribution in [2.24, 2.45) is 11.3 Å². The normalized spacial score (nSPS) is 26.3. The van der Waals surface area contributed by atoms with Crippen molar-refractivity contribution in [1.82, 2.24) is 0 Å². The molecule has 0 saturated heterocycles. The van der Waals surface area contributed by atoms with Gasteiger partial charge in [-0.3, -0.25) is 4.79 Å². The van der Waals surface area contributed by atoms with E-state index in [4.69, 9.17) is 0 Å². The van der Waals surface area contributed by atoms with Gasteiger partial charge in [-0.15, -0.1) is 0 Å². The average molecular weight is 192 g/mol. The van der Waals surface area contributed by atoms with Crippen LogP contribution in [0.5, 0.6) is 0 Å². The zero-order chi connectivity index (χ0) is 10.8. The highest BCUT2D eigenvalue weighted by atomic mass is 16.1. The third kappa shape index (κ3) is 2.34. The van der Waals surface area contributed by atoms with Gasteiger partial charge in [-0.1, -0.05) is 31.6 Å². The van der Waals surface area contributed by atoms with Crippen LogP contribution in [0.25, 0.3) is 0 Å². The summed E-state index contributed by atoms with van der Waals surface area (Å²) in [6, 6.07) is 0. The number of hydrogen-bond donors (Lipinski definition) is 0. The van der Waals surface area contributed by atoms with Gasteiger partial charge in [-0.2, -0.15) is 0 Å². The predicted octanol–water partition coefficient (Wildman–Crippen LogP) is 3.51. The molecule has 78 valence electrons. The Hall–Kier alpha value is -0.850. The van der Waals surface area contributed by atoms with Crippen molar-refractivity contribution in [3.8, 4) is 0 Å². The lowest BCUT2D eigenvalue weighted by Crippen LogP contribution is -2.32. The van der Waals surface area contributed by atoms with Crippen LogP contribution in [0.2, 0.25) is 0 Å². The van der Waals surface area contributed by atoms with Crippen molar-refractivity contribution >= 4 is 5.78 Å². The standard InChI is InChI=1S/C13H20O/c1-5-6-12(14)11-8-7-10(2)9-13(11,3)4/h5-7,11H,8-9H2,1-4H3/b6-5+/t11-/m0/s1. The van der Waals surface area contributed by atoms with Gasteiger partial charge in [-0.05, 0) is 38.2 Å². The Morgan fingerprint density at radius 1 is 1.57 bits per heavy atom. The molecule has 0 aromatic heterocycles. The minimum Gasteiger partial charge on any atom is -0.295 e. The molecule has 1 aliphatic carbocycles. The SMILES string of the molecule is C/C=C/C(=O)[C@@H]1CC=C(C)CC1(C)C. The topological polar surface area (TPSA) is 17.1 Å². The lowest BCUT2D eigenvalue weighted by molar-refractivity contribution is -0.121. The van der Waals surface area contributed by atoms with Gasteiger partial charge >= 0.3 is 0 Å². The summed E-state index contributed by atoms with van der Waals surface area (Å²) in [5.41, 5.74) is 1.54. The van der Waals surface area contributed by atoms with Gasteiger partial charge in [0.2, 0.25) is 0 Å². The molecule has 0 N–H and O–H groups in total. The monoisotopic (exact) mass is 192 g/mol. The summed E-state index contributed by atoms with van der Waals surface area (Å²) in [5, 5.41) is 0. The highest BCUT2D eigenvalue weighted by Gasteiger charge is 2.35. The van der Waals surface area contributed by atoms with E-state index in [0.717, 1.165) is 12.8 Å². The molecule has 14 heavy (non-hydrogen) atoms. The largest absolute Gasteiger partial charge is 0.295 e. The quantitative estimate of drug-likeness (QED) is 0.483. The number of rotatable bonds is 2. The van der Waals surface area contributed by atoms with Crippen molar-refractivity contribution in [2.75, 3.05) is 0 Å². The molecule has 0 radical (unpaired) electrons. The second-order valence-corrected chi connectivity index (χ2v) is 4.91. The molecule has 0 aromatic rings. The molecular weight excluding hydrogens is 172 g/mol. The maximum atomic E-state index is 11.8. The van der Waals surface area contributed by atoms with Crippen molar-refractivity contribution in [3.05, 3.63) is 23.8 Å². The lowest BCUT2D eigenvalue weighted by atomic mass is 9.67. The molecule has 0 spiro atoms. The van der Waals surface area contributed by atoms with Crippen LogP contribution in [0.1, 0.15) is 40.5 Å². The molecule has 1 nitrogen and oxygen atoms in total. The first-order chi connectivity index (χ1) is 6.47. The van der Waals surface area contributed by atoms with Crippen LogP contribution in [0.3, 0.4) is 0 Å². The molecule has 1 atom stereocenters. The molecule has 0 aromatic carbocycles. The van der Waals surface area contributed by atoms with Crippen LogP contribution in [0.4, 0.5) is 0 Å². The Kier molecular flexibility index (Phi) is 3.30. The second-order valence-electron chi connectivity index (χ2n) is 4.91. The maximum absolute atomic E-state index is 11.8. The summed E-state index contributed by atoms with van der Waals surface area (Å²) < 4.78 is 0. The van der Waals surface area contributed by atoms with Crippen molar-refractivity contribution in [1.29, 1.82) is 0 Å². The van der Waals surface area contributed by atoms with Gasteiger partial charge in [0, 0.05) is 5.92 Å². The lowest BCUT2D eigenvalue weighted by Gasteiger charge is -2.36. The molecule has 0 heterocycles. The van der Waals surface area contributed by atoms with E-state index in [1.165, 1.54) is 5.57 Å². The van der Waals surface area contributed by atoms with Gasteiger partial charge < -0.3 is 0 Å². The van der Waals surface area contributed by atoms with E-state index in [1.54, 1.807) is 6.08 Å². The first-order valence-electron chi connectivity index (χ1n) is 5.29. The summed E-state index contributed by atoms with van der Waals surface area (Å²) in [6.45, 7) is 8.43. The van der Waals surface area contributed by atoms with Crippen LogP contribution in [0, 0.1) is 11.3 Å². The van der Waals surface area contributed by atoms with Crippen molar-refractivity contribution < 1.29 is 4.79 Å². The predicted molar refractivity (Wildman–Crippen MR) is 60.1 cm³/mol. The Labute approximate surface area is 86.9 Å². The Morgan fingerprint density at radius 2 is 2.21 bits per heavy atom. The maximum Gasteiger partial charge on any atom is 0.159 e. The molecule has 0 amide bonds. The fourth-order valence-corrected chi connectivity index (χ4v) is 2.33. The van der Waals surface area contributed by atoms with E-state index in [0.29, 0.717) is 0 Å². The first-order valence-corrected chi connectivity index (χ1v) is 5.29. The summed E-state index contributed by atoms with van der Waals surface area (Å²) in [5.74, 6) is 0.448. The van der Waals surface area contributed by atoms with Gasteiger partial charge in [0.1, 0.15) is 0 Å². The van der Waals surface area contributed by atoms with E-state index in [2.05, 4.69) is 26.8 Å². The van der Waals surface area contributed by atoms with Gasteiger partial charge in [-0.25, -0.2) is 0 Å². The summed E-state index contributed by atoms with van der Waals surface area (Å²) in [4.78, 5) is 11.8. The molecule has 1 heteroatoms. The third-order valence-electron chi connectivity index (χ3n) is 3.05. The van der Waals surface area contributed by atoms with Crippen LogP contribution < -0.4 is 0 Å². The average Bonchev–Trinajstić information content (AvgIpc) is 2.01. The number of carbonyl (C=O) groups excluding carboxylic acids is 1. The van der Waals surface area contributed by atoms with E-state index in [9.17, 15) is 4.79 Å². The molecule has 0 saturated carbocycles. The van der Waals surface area contributed by atoms with Crippen LogP contribution in [0.15, 0.2) is 23.8 Å². The van der Waals surface area contributed by atoms with E-state index >= 15 is 0 Å². The van der Waals surface area contributed by atoms with Crippen LogP contribution >= 0.6 is 0 Å². The minimum atomic E-state index is 0.120. The molecule has 0 aliphatic heterocycles. The molecule has 0 unspecified atom stereocenters. The highest BCUT2D eigenvalue weighted by Crippen LogP contribution is 2.40. The molecule has 1 aliphatic rings. The van der Waals surface area contributed by atoms with E-state index in [-0.39, 0.29) is 17.1 Å². The van der Waals surface area contributed by atoms with E-state index in [1.807, 2.05) is 13.0 Å². The van der Waals surface area contributed by atoms with Gasteiger partial charge in [0.05, 0.1) is 0 Å². The number of hydrogen-bond acceptors (Lipinski definition) is 1. The van der Waals surface area contributed by atoms with Crippen LogP contribution in [-0.2, 0) is 4.79 Å². The Balaban J connectivity index is 2.85. The third-order valence-corrected chi connectivity index (χ3v) is 3.05. The Morgan fingerprint density at radius 3 is 2.71 bits per heavy atom. The highest BCUT2D eigenvalue weighted by molar-refractivity contribution is 5.92. The number of carbonyl (C=O) groups is 1. The van der Waals surface area contributed by atoms with Crippen molar-refractivity contribution in [3.63, 3.8) is 0 Å². The zero-order valence-electron chi connectivity index (χ0n) is 9.63. The van der Waals surface area contributed by atoms with Gasteiger partial charge in [0.15, 0.2) is 5.78 Å². The van der Waals surface area contributed by atoms with Crippen molar-refractivity contribution in [2.45, 2.75) is 40.5 Å². The fourth-order valence-electron chi connectivity index (χ4n) is 2.33. The van der Waals surface area contributed by atoms with Gasteiger partial charge in [0.25, 0.3) is 0 Å². The summed E-state index contributed by atoms with van der Waals surface area (Å²) in [7, 11) is 0. The van der Waals surface area contributed by atoms with Crippen LogP contribution in [-0.4, -0.2) is 5.78 Å². The molecule has 0 fully saturated rings. The number of allylic oxidation sites excluding steroid dienone is 4. The summed E-state index contributed by atoms with van der Waals surface area (Å²) >= 11 is 0. The smallest absolute Gasteiger partial charge is 0.159 e. The minimum absolute atomic E-state index is 0.120. The van der Waals surface area contributed by atoms with E-state index < -0.39 is 0 Å². The fraction of sp³-hybridized carbons (Fsp3) is 0.615. The first kappa shape index (κ1) is 11.2. The molecular formula is C13H20O. The molecule has 0 bridgehead atoms. The molecule has 1 rings (SSSR count). The Bertz CT molecular complexity index is 282. The zero-order valence-corrected chi connectivity index (χ0v) is 9.63. The summed E-state index contributed by atoms with van der Waals surface area (Å²) in [6.07, 6.45) is 7.70. The second kappa shape index (κ2) is 4.12. The number of ketones is 1.